The largest absolute Gasteiger partial charge is 0.439 e. The summed E-state index contributed by atoms with van der Waals surface area (Å²) in [5.74, 6) is 0.406. The van der Waals surface area contributed by atoms with Crippen molar-refractivity contribution in [2.45, 2.75) is 0 Å². The van der Waals surface area contributed by atoms with Gasteiger partial charge in [0.25, 0.3) is 0 Å². The summed E-state index contributed by atoms with van der Waals surface area (Å²) in [6.07, 6.45) is 3.47. The fourth-order valence-electron chi connectivity index (χ4n) is 4.22. The second kappa shape index (κ2) is 6.66. The summed E-state index contributed by atoms with van der Waals surface area (Å²) in [6.45, 7) is 0. The van der Waals surface area contributed by atoms with Gasteiger partial charge in [-0.1, -0.05) is 5.16 Å². The van der Waals surface area contributed by atoms with Crippen LogP contribution in [0.4, 0.5) is 0 Å². The summed E-state index contributed by atoms with van der Waals surface area (Å²) in [5, 5.41) is 3.77. The van der Waals surface area contributed by atoms with Crippen LogP contribution in [0.1, 0.15) is 0 Å². The number of imidazole rings is 3. The number of H-pyrrole nitrogens is 1. The third kappa shape index (κ3) is 2.72. The lowest BCUT2D eigenvalue weighted by Gasteiger charge is -2.10. The van der Waals surface area contributed by atoms with E-state index in [1.165, 1.54) is 0 Å². The van der Waals surface area contributed by atoms with E-state index >= 15 is 0 Å². The SMILES string of the molecule is Cn1cncc1-c1nc2cc(-c3noc(=O)[nH]3)ccc2n1-c1ccc2c(c1)n(C)c(=O)n2C. The third-order valence-corrected chi connectivity index (χ3v) is 5.93. The first kappa shape index (κ1) is 19.0. The minimum Gasteiger partial charge on any atom is -0.331 e. The zero-order valence-corrected chi connectivity index (χ0v) is 18.0. The molecular weight excluding hydrogens is 424 g/mol. The Morgan fingerprint density at radius 1 is 0.939 bits per heavy atom. The Balaban J connectivity index is 1.65. The molecule has 164 valence electrons. The number of nitrogens with zero attached hydrogens (tertiary/aromatic N) is 7. The molecule has 11 heteroatoms. The van der Waals surface area contributed by atoms with Gasteiger partial charge in [0.05, 0.1) is 34.6 Å². The lowest BCUT2D eigenvalue weighted by Crippen LogP contribution is -2.19. The van der Waals surface area contributed by atoms with Crippen LogP contribution in [0.25, 0.3) is 50.7 Å². The number of aryl methyl sites for hydroxylation is 3. The van der Waals surface area contributed by atoms with Gasteiger partial charge in [-0.2, -0.15) is 0 Å². The van der Waals surface area contributed by atoms with Crippen LogP contribution in [-0.2, 0) is 21.1 Å². The van der Waals surface area contributed by atoms with Crippen molar-refractivity contribution in [3.8, 4) is 28.6 Å². The molecule has 0 aliphatic carbocycles. The zero-order valence-electron chi connectivity index (χ0n) is 18.0. The van der Waals surface area contributed by atoms with Gasteiger partial charge in [-0.25, -0.2) is 19.6 Å². The minimum absolute atomic E-state index is 0.0873. The molecule has 0 radical (unpaired) electrons. The fraction of sp³-hybridized carbons (Fsp3) is 0.136. The average Bonchev–Trinajstić information content (AvgIpc) is 3.57. The van der Waals surface area contributed by atoms with Gasteiger partial charge in [0.15, 0.2) is 11.6 Å². The molecule has 1 N–H and O–H groups in total. The van der Waals surface area contributed by atoms with E-state index in [-0.39, 0.29) is 5.69 Å². The van der Waals surface area contributed by atoms with Crippen molar-refractivity contribution >= 4 is 22.1 Å². The second-order valence-corrected chi connectivity index (χ2v) is 7.88. The van der Waals surface area contributed by atoms with Crippen LogP contribution in [0, 0.1) is 0 Å². The number of nitrogens with one attached hydrogen (secondary N) is 1. The number of hydrogen-bond acceptors (Lipinski definition) is 6. The molecule has 0 saturated carbocycles. The molecule has 6 aromatic rings. The van der Waals surface area contributed by atoms with Crippen LogP contribution in [0.2, 0.25) is 0 Å². The van der Waals surface area contributed by atoms with Crippen molar-refractivity contribution in [3.05, 3.63) is 70.0 Å². The summed E-state index contributed by atoms with van der Waals surface area (Å²) in [6, 6.07) is 11.5. The van der Waals surface area contributed by atoms with Crippen LogP contribution < -0.4 is 11.4 Å². The van der Waals surface area contributed by atoms with Crippen molar-refractivity contribution in [3.63, 3.8) is 0 Å². The van der Waals surface area contributed by atoms with Crippen molar-refractivity contribution in [2.75, 3.05) is 0 Å². The smallest absolute Gasteiger partial charge is 0.331 e. The number of aromatic amines is 1. The van der Waals surface area contributed by atoms with Crippen molar-refractivity contribution in [2.24, 2.45) is 21.1 Å². The standard InChI is InChI=1S/C22H18N8O3/c1-27-11-23-10-18(27)20-24-14-8-12(19-25-21(31)33-26-19)4-6-15(14)30(20)13-5-7-16-17(9-13)29(3)22(32)28(16)2/h4-11H,1-3H3,(H,25,26,31). The Labute approximate surface area is 185 Å². The van der Waals surface area contributed by atoms with Gasteiger partial charge in [-0.05, 0) is 36.4 Å². The molecule has 0 spiro atoms. The van der Waals surface area contributed by atoms with Gasteiger partial charge in [-0.15, -0.1) is 0 Å². The molecule has 0 fully saturated rings. The molecule has 4 aromatic heterocycles. The molecule has 0 atom stereocenters. The molecule has 0 aliphatic heterocycles. The Kier molecular flexibility index (Phi) is 3.85. The maximum atomic E-state index is 12.4. The van der Waals surface area contributed by atoms with Crippen molar-refractivity contribution < 1.29 is 4.52 Å². The first-order valence-corrected chi connectivity index (χ1v) is 10.1. The van der Waals surface area contributed by atoms with E-state index in [0.29, 0.717) is 22.7 Å². The molecule has 4 heterocycles. The summed E-state index contributed by atoms with van der Waals surface area (Å²) in [4.78, 5) is 35.5. The highest BCUT2D eigenvalue weighted by atomic mass is 16.5. The highest BCUT2D eigenvalue weighted by Crippen LogP contribution is 2.31. The quantitative estimate of drug-likeness (QED) is 0.447. The average molecular weight is 442 g/mol. The van der Waals surface area contributed by atoms with Crippen molar-refractivity contribution in [1.82, 2.24) is 38.4 Å². The molecule has 0 aliphatic rings. The first-order valence-electron chi connectivity index (χ1n) is 10.1. The van der Waals surface area contributed by atoms with Crippen molar-refractivity contribution in [1.29, 1.82) is 0 Å². The van der Waals surface area contributed by atoms with Gasteiger partial charge in [0.1, 0.15) is 5.69 Å². The normalized spacial score (nSPS) is 11.7. The molecule has 0 amide bonds. The van der Waals surface area contributed by atoms with Crippen LogP contribution in [0.15, 0.2) is 63.0 Å². The molecule has 0 saturated heterocycles. The highest BCUT2D eigenvalue weighted by Gasteiger charge is 2.19. The number of fused-ring (bicyclic) bond motifs is 2. The lowest BCUT2D eigenvalue weighted by atomic mass is 10.2. The second-order valence-electron chi connectivity index (χ2n) is 7.88. The van der Waals surface area contributed by atoms with Gasteiger partial charge in [-0.3, -0.25) is 23.2 Å². The molecule has 0 unspecified atom stereocenters. The number of aromatic nitrogens is 8. The maximum Gasteiger partial charge on any atom is 0.439 e. The zero-order chi connectivity index (χ0) is 22.9. The molecule has 2 aromatic carbocycles. The van der Waals surface area contributed by atoms with E-state index in [2.05, 4.69) is 19.6 Å². The monoisotopic (exact) mass is 442 g/mol. The van der Waals surface area contributed by atoms with E-state index in [1.807, 2.05) is 52.6 Å². The number of rotatable bonds is 3. The Hall–Kier alpha value is -4.67. The van der Waals surface area contributed by atoms with Crippen LogP contribution in [0.3, 0.4) is 0 Å². The number of benzene rings is 2. The van der Waals surface area contributed by atoms with Crippen LogP contribution >= 0.6 is 0 Å². The molecule has 33 heavy (non-hydrogen) atoms. The first-order chi connectivity index (χ1) is 15.9. The van der Waals surface area contributed by atoms with E-state index in [1.54, 1.807) is 35.8 Å². The van der Waals surface area contributed by atoms with Gasteiger partial charge in [0, 0.05) is 32.4 Å². The van der Waals surface area contributed by atoms with E-state index in [0.717, 1.165) is 27.9 Å². The Morgan fingerprint density at radius 3 is 2.45 bits per heavy atom. The van der Waals surface area contributed by atoms with Gasteiger partial charge >= 0.3 is 11.4 Å². The van der Waals surface area contributed by atoms with Crippen LogP contribution in [0.5, 0.6) is 0 Å². The van der Waals surface area contributed by atoms with E-state index in [4.69, 9.17) is 4.98 Å². The van der Waals surface area contributed by atoms with Crippen LogP contribution in [-0.4, -0.2) is 38.4 Å². The topological polar surface area (TPSA) is 121 Å². The molecule has 6 rings (SSSR count). The molecule has 0 bridgehead atoms. The third-order valence-electron chi connectivity index (χ3n) is 5.93. The Morgan fingerprint density at radius 2 is 1.73 bits per heavy atom. The lowest BCUT2D eigenvalue weighted by molar-refractivity contribution is 0.388. The molecular formula is C22H18N8O3. The summed E-state index contributed by atoms with van der Waals surface area (Å²) < 4.78 is 11.8. The fourth-order valence-corrected chi connectivity index (χ4v) is 4.22. The highest BCUT2D eigenvalue weighted by molar-refractivity contribution is 5.87. The predicted octanol–water partition coefficient (Wildman–Crippen LogP) is 1.96. The summed E-state index contributed by atoms with van der Waals surface area (Å²) >= 11 is 0. The molecule has 11 nitrogen and oxygen atoms in total. The predicted molar refractivity (Wildman–Crippen MR) is 121 cm³/mol. The number of hydrogen-bond donors (Lipinski definition) is 1. The Bertz CT molecular complexity index is 1810. The summed E-state index contributed by atoms with van der Waals surface area (Å²) in [7, 11) is 5.42. The maximum absolute atomic E-state index is 12.4. The minimum atomic E-state index is -0.618. The van der Waals surface area contributed by atoms with Gasteiger partial charge < -0.3 is 4.57 Å². The summed E-state index contributed by atoms with van der Waals surface area (Å²) in [5.41, 5.74) is 5.47. The van der Waals surface area contributed by atoms with Gasteiger partial charge in [0.2, 0.25) is 0 Å². The van der Waals surface area contributed by atoms with E-state index in [9.17, 15) is 9.59 Å². The van der Waals surface area contributed by atoms with E-state index < -0.39 is 5.76 Å².